The first kappa shape index (κ1) is 23.9. The number of hydrogen-bond donors (Lipinski definition) is 0. The fourth-order valence-corrected chi connectivity index (χ4v) is 6.35. The minimum atomic E-state index is -3.52. The normalized spacial score (nSPS) is 18.4. The second-order valence-electron chi connectivity index (χ2n) is 8.36. The lowest BCUT2D eigenvalue weighted by Crippen LogP contribution is -2.52. The Kier molecular flexibility index (Phi) is 7.51. The smallest absolute Gasteiger partial charge is 0.243 e. The highest BCUT2D eigenvalue weighted by Gasteiger charge is 2.34. The molecule has 2 aliphatic heterocycles. The number of ether oxygens (including phenoxy) is 1. The lowest BCUT2D eigenvalue weighted by molar-refractivity contribution is -0.137. The van der Waals surface area contributed by atoms with Crippen LogP contribution in [0.3, 0.4) is 0 Å². The molecule has 2 fully saturated rings. The van der Waals surface area contributed by atoms with Crippen molar-refractivity contribution in [1.29, 1.82) is 0 Å². The van der Waals surface area contributed by atoms with Gasteiger partial charge in [0.1, 0.15) is 5.75 Å². The maximum absolute atomic E-state index is 13.1. The number of anilines is 1. The van der Waals surface area contributed by atoms with Crippen molar-refractivity contribution in [2.45, 2.75) is 22.6 Å². The first-order valence-electron chi connectivity index (χ1n) is 11.2. The molecular formula is C24H31N3O4S2. The van der Waals surface area contributed by atoms with Crippen molar-refractivity contribution >= 4 is 33.4 Å². The van der Waals surface area contributed by atoms with Crippen LogP contribution in [0.2, 0.25) is 0 Å². The molecule has 0 atom stereocenters. The summed E-state index contributed by atoms with van der Waals surface area (Å²) in [7, 11) is -1.87. The molecule has 0 saturated carbocycles. The van der Waals surface area contributed by atoms with Crippen LogP contribution in [0.4, 0.5) is 5.69 Å². The van der Waals surface area contributed by atoms with Gasteiger partial charge in [-0.2, -0.15) is 4.31 Å². The van der Waals surface area contributed by atoms with Gasteiger partial charge in [0.25, 0.3) is 0 Å². The number of hydrogen-bond acceptors (Lipinski definition) is 6. The van der Waals surface area contributed by atoms with E-state index in [0.717, 1.165) is 29.4 Å². The Bertz CT molecular complexity index is 1040. The third-order valence-corrected chi connectivity index (χ3v) is 9.19. The molecule has 0 aliphatic carbocycles. The second kappa shape index (κ2) is 10.4. The fourth-order valence-electron chi connectivity index (χ4n) is 4.48. The maximum atomic E-state index is 13.1. The lowest BCUT2D eigenvalue weighted by Gasteiger charge is -2.39. The topological polar surface area (TPSA) is 70.2 Å². The van der Waals surface area contributed by atoms with E-state index in [1.165, 1.54) is 4.31 Å². The van der Waals surface area contributed by atoms with E-state index in [-0.39, 0.29) is 11.8 Å². The van der Waals surface area contributed by atoms with Gasteiger partial charge < -0.3 is 14.5 Å². The highest BCUT2D eigenvalue weighted by atomic mass is 32.2. The van der Waals surface area contributed by atoms with Crippen molar-refractivity contribution in [2.24, 2.45) is 5.92 Å². The van der Waals surface area contributed by atoms with Crippen molar-refractivity contribution in [3.05, 3.63) is 48.5 Å². The number of piperidine rings is 1. The summed E-state index contributed by atoms with van der Waals surface area (Å²) in [5.41, 5.74) is 1.13. The van der Waals surface area contributed by atoms with Gasteiger partial charge in [-0.05, 0) is 67.6 Å². The van der Waals surface area contributed by atoms with Crippen LogP contribution < -0.4 is 9.64 Å². The minimum absolute atomic E-state index is 0.108. The lowest BCUT2D eigenvalue weighted by atomic mass is 9.96. The summed E-state index contributed by atoms with van der Waals surface area (Å²) in [5.74, 6) is 0.881. The molecule has 0 spiro atoms. The third kappa shape index (κ3) is 5.31. The SMILES string of the molecule is COc1ccc(N2CCN(C(=O)C3CCN(S(=O)(=O)c4ccc(SC)cc4)CC3)CC2)cc1. The van der Waals surface area contributed by atoms with Gasteiger partial charge >= 0.3 is 0 Å². The van der Waals surface area contributed by atoms with Crippen LogP contribution in [-0.2, 0) is 14.8 Å². The van der Waals surface area contributed by atoms with Crippen LogP contribution >= 0.6 is 11.8 Å². The van der Waals surface area contributed by atoms with E-state index in [1.54, 1.807) is 31.0 Å². The van der Waals surface area contributed by atoms with Crippen molar-refractivity contribution < 1.29 is 17.9 Å². The Balaban J connectivity index is 1.29. The first-order chi connectivity index (χ1) is 15.9. The van der Waals surface area contributed by atoms with Crippen molar-refractivity contribution in [3.63, 3.8) is 0 Å². The standard InChI is InChI=1S/C24H31N3O4S2/c1-31-21-5-3-20(4-6-21)25-15-17-26(18-16-25)24(28)19-11-13-27(14-12-19)33(29,30)23-9-7-22(32-2)8-10-23/h3-10,19H,11-18H2,1-2H3. The van der Waals surface area contributed by atoms with Gasteiger partial charge in [0.05, 0.1) is 12.0 Å². The Morgan fingerprint density at radius 1 is 0.909 bits per heavy atom. The summed E-state index contributed by atoms with van der Waals surface area (Å²) in [6.07, 6.45) is 3.10. The zero-order valence-corrected chi connectivity index (χ0v) is 20.8. The predicted octanol–water partition coefficient (Wildman–Crippen LogP) is 3.17. The molecule has 2 saturated heterocycles. The van der Waals surface area contributed by atoms with Crippen LogP contribution in [0.1, 0.15) is 12.8 Å². The maximum Gasteiger partial charge on any atom is 0.243 e. The molecule has 33 heavy (non-hydrogen) atoms. The first-order valence-corrected chi connectivity index (χ1v) is 13.9. The summed E-state index contributed by atoms with van der Waals surface area (Å²) in [4.78, 5) is 18.7. The number of sulfonamides is 1. The molecule has 0 radical (unpaired) electrons. The quantitative estimate of drug-likeness (QED) is 0.581. The van der Waals surface area contributed by atoms with E-state index in [9.17, 15) is 13.2 Å². The van der Waals surface area contributed by atoms with Gasteiger partial charge in [0.15, 0.2) is 0 Å². The number of thioether (sulfide) groups is 1. The molecule has 4 rings (SSSR count). The zero-order chi connectivity index (χ0) is 23.4. The number of carbonyl (C=O) groups excluding carboxylic acids is 1. The molecule has 0 unspecified atom stereocenters. The molecule has 2 aliphatic rings. The van der Waals surface area contributed by atoms with Gasteiger partial charge in [0.2, 0.25) is 15.9 Å². The van der Waals surface area contributed by atoms with Crippen molar-refractivity contribution in [2.75, 3.05) is 57.5 Å². The van der Waals surface area contributed by atoms with E-state index in [4.69, 9.17) is 4.74 Å². The molecule has 0 N–H and O–H groups in total. The molecule has 2 aromatic rings. The summed E-state index contributed by atoms with van der Waals surface area (Å²) < 4.78 is 32.7. The van der Waals surface area contributed by atoms with Gasteiger partial charge in [0, 0.05) is 55.8 Å². The van der Waals surface area contributed by atoms with E-state index in [1.807, 2.05) is 47.6 Å². The Hall–Kier alpha value is -2.23. The van der Waals surface area contributed by atoms with Crippen LogP contribution in [-0.4, -0.2) is 76.2 Å². The molecule has 1 amide bonds. The molecule has 7 nitrogen and oxygen atoms in total. The van der Waals surface area contributed by atoms with Gasteiger partial charge in [-0.3, -0.25) is 4.79 Å². The van der Waals surface area contributed by atoms with Gasteiger partial charge in [-0.25, -0.2) is 8.42 Å². The third-order valence-electron chi connectivity index (χ3n) is 6.53. The number of piperazine rings is 1. The number of rotatable bonds is 6. The summed E-state index contributed by atoms with van der Waals surface area (Å²) in [5, 5.41) is 0. The van der Waals surface area contributed by atoms with E-state index in [0.29, 0.717) is 43.9 Å². The number of benzene rings is 2. The van der Waals surface area contributed by atoms with E-state index < -0.39 is 10.0 Å². The number of methoxy groups -OCH3 is 1. The summed E-state index contributed by atoms with van der Waals surface area (Å²) >= 11 is 1.58. The number of nitrogens with zero attached hydrogens (tertiary/aromatic N) is 3. The number of carbonyl (C=O) groups is 1. The van der Waals surface area contributed by atoms with Crippen molar-refractivity contribution in [1.82, 2.24) is 9.21 Å². The van der Waals surface area contributed by atoms with Crippen LogP contribution in [0, 0.1) is 5.92 Å². The highest BCUT2D eigenvalue weighted by Crippen LogP contribution is 2.27. The summed E-state index contributed by atoms with van der Waals surface area (Å²) in [6, 6.07) is 15.0. The van der Waals surface area contributed by atoms with Crippen LogP contribution in [0.5, 0.6) is 5.75 Å². The monoisotopic (exact) mass is 489 g/mol. The molecule has 0 aromatic heterocycles. The van der Waals surface area contributed by atoms with Crippen LogP contribution in [0.15, 0.2) is 58.3 Å². The molecule has 0 bridgehead atoms. The minimum Gasteiger partial charge on any atom is -0.497 e. The van der Waals surface area contributed by atoms with E-state index >= 15 is 0 Å². The molecule has 2 aromatic carbocycles. The van der Waals surface area contributed by atoms with Crippen molar-refractivity contribution in [3.8, 4) is 5.75 Å². The molecular weight excluding hydrogens is 458 g/mol. The Morgan fingerprint density at radius 3 is 2.06 bits per heavy atom. The van der Waals surface area contributed by atoms with Gasteiger partial charge in [-0.15, -0.1) is 11.8 Å². The number of amides is 1. The molecule has 2 heterocycles. The largest absolute Gasteiger partial charge is 0.497 e. The highest BCUT2D eigenvalue weighted by molar-refractivity contribution is 7.98. The Morgan fingerprint density at radius 2 is 1.52 bits per heavy atom. The second-order valence-corrected chi connectivity index (χ2v) is 11.2. The summed E-state index contributed by atoms with van der Waals surface area (Å²) in [6.45, 7) is 3.72. The average Bonchev–Trinajstić information content (AvgIpc) is 2.88. The average molecular weight is 490 g/mol. The fraction of sp³-hybridized carbons (Fsp3) is 0.458. The van der Waals surface area contributed by atoms with E-state index in [2.05, 4.69) is 4.90 Å². The van der Waals surface area contributed by atoms with Gasteiger partial charge in [-0.1, -0.05) is 0 Å². The Labute approximate surface area is 200 Å². The van der Waals surface area contributed by atoms with Crippen LogP contribution in [0.25, 0.3) is 0 Å². The molecule has 9 heteroatoms. The molecule has 178 valence electrons. The predicted molar refractivity (Wildman–Crippen MR) is 131 cm³/mol. The zero-order valence-electron chi connectivity index (χ0n) is 19.1.